The summed E-state index contributed by atoms with van der Waals surface area (Å²) >= 11 is 15.7. The largest absolute Gasteiger partial charge is 0.0835 e. The van der Waals surface area contributed by atoms with Crippen LogP contribution in [-0.2, 0) is 6.42 Å². The average molecular weight is 344 g/mol. The second-order valence-electron chi connectivity index (χ2n) is 4.33. The molecule has 18 heavy (non-hydrogen) atoms. The quantitative estimate of drug-likeness (QED) is 0.601. The Balaban J connectivity index is 2.16. The lowest BCUT2D eigenvalue weighted by atomic mass is 10.0. The predicted octanol–water partition coefficient (Wildman–Crippen LogP) is 5.98. The summed E-state index contributed by atoms with van der Waals surface area (Å²) in [5, 5.41) is 1.19. The van der Waals surface area contributed by atoms with Crippen molar-refractivity contribution in [2.75, 3.05) is 0 Å². The molecule has 3 heteroatoms. The highest BCUT2D eigenvalue weighted by Crippen LogP contribution is 2.31. The van der Waals surface area contributed by atoms with Crippen molar-refractivity contribution in [2.24, 2.45) is 0 Å². The fraction of sp³-hybridized carbons (Fsp3) is 0.200. The van der Waals surface area contributed by atoms with Gasteiger partial charge in [0, 0.05) is 4.83 Å². The molecule has 2 aromatic rings. The Bertz CT molecular complexity index is 552. The lowest BCUT2D eigenvalue weighted by Gasteiger charge is -2.11. The molecule has 0 amide bonds. The molecular weight excluding hydrogens is 331 g/mol. The highest BCUT2D eigenvalue weighted by atomic mass is 79.9. The third-order valence-corrected chi connectivity index (χ3v) is 4.39. The number of hydrogen-bond donors (Lipinski definition) is 0. The molecule has 0 heterocycles. The summed E-state index contributed by atoms with van der Waals surface area (Å²) in [6, 6.07) is 14.3. The molecule has 0 aliphatic carbocycles. The molecule has 0 saturated heterocycles. The molecule has 1 atom stereocenters. The van der Waals surface area contributed by atoms with Gasteiger partial charge in [0.2, 0.25) is 0 Å². The fourth-order valence-electron chi connectivity index (χ4n) is 1.87. The van der Waals surface area contributed by atoms with Crippen LogP contribution >= 0.6 is 39.1 Å². The maximum absolute atomic E-state index is 6.03. The van der Waals surface area contributed by atoms with Crippen LogP contribution in [0.3, 0.4) is 0 Å². The summed E-state index contributed by atoms with van der Waals surface area (Å²) in [7, 11) is 0. The lowest BCUT2D eigenvalue weighted by Crippen LogP contribution is -1.96. The maximum atomic E-state index is 6.03. The topological polar surface area (TPSA) is 0 Å². The van der Waals surface area contributed by atoms with E-state index >= 15 is 0 Å². The monoisotopic (exact) mass is 342 g/mol. The van der Waals surface area contributed by atoms with Gasteiger partial charge in [-0.2, -0.15) is 0 Å². The van der Waals surface area contributed by atoms with Gasteiger partial charge in [0.15, 0.2) is 0 Å². The van der Waals surface area contributed by atoms with E-state index in [9.17, 15) is 0 Å². The Kier molecular flexibility index (Phi) is 4.71. The van der Waals surface area contributed by atoms with Crippen molar-refractivity contribution in [3.63, 3.8) is 0 Å². The van der Waals surface area contributed by atoms with Crippen LogP contribution in [-0.4, -0.2) is 0 Å². The van der Waals surface area contributed by atoms with Crippen LogP contribution in [0.4, 0.5) is 0 Å². The molecule has 0 aromatic heterocycles. The van der Waals surface area contributed by atoms with Gasteiger partial charge in [0.1, 0.15) is 0 Å². The zero-order valence-electron chi connectivity index (χ0n) is 9.96. The average Bonchev–Trinajstić information content (AvgIpc) is 2.32. The summed E-state index contributed by atoms with van der Waals surface area (Å²) in [6.45, 7) is 2.10. The van der Waals surface area contributed by atoms with Crippen molar-refractivity contribution in [1.29, 1.82) is 0 Å². The number of benzene rings is 2. The molecule has 0 saturated carbocycles. The van der Waals surface area contributed by atoms with Crippen molar-refractivity contribution < 1.29 is 0 Å². The Morgan fingerprint density at radius 2 is 1.83 bits per heavy atom. The Morgan fingerprint density at radius 3 is 2.50 bits per heavy atom. The molecular formula is C15H13BrCl2. The SMILES string of the molecule is Cc1cccc(CC(Br)c2ccc(Cl)c(Cl)c2)c1. The molecule has 0 spiro atoms. The van der Waals surface area contributed by atoms with Gasteiger partial charge >= 0.3 is 0 Å². The standard InChI is InChI=1S/C15H13BrCl2/c1-10-3-2-4-11(7-10)8-13(16)12-5-6-14(17)15(18)9-12/h2-7,9,13H,8H2,1H3. The smallest absolute Gasteiger partial charge is 0.0595 e. The molecule has 0 radical (unpaired) electrons. The Hall–Kier alpha value is -0.500. The van der Waals surface area contributed by atoms with Gasteiger partial charge in [0.25, 0.3) is 0 Å². The van der Waals surface area contributed by atoms with E-state index < -0.39 is 0 Å². The van der Waals surface area contributed by atoms with E-state index in [0.29, 0.717) is 10.0 Å². The molecule has 0 bridgehead atoms. The molecule has 0 fully saturated rings. The molecule has 0 aliphatic rings. The third-order valence-electron chi connectivity index (χ3n) is 2.80. The lowest BCUT2D eigenvalue weighted by molar-refractivity contribution is 0.947. The van der Waals surface area contributed by atoms with Crippen LogP contribution in [0.5, 0.6) is 0 Å². The van der Waals surface area contributed by atoms with Crippen LogP contribution in [0, 0.1) is 6.92 Å². The van der Waals surface area contributed by atoms with E-state index in [2.05, 4.69) is 47.1 Å². The second-order valence-corrected chi connectivity index (χ2v) is 6.25. The zero-order valence-corrected chi connectivity index (χ0v) is 13.1. The van der Waals surface area contributed by atoms with Crippen molar-refractivity contribution in [2.45, 2.75) is 18.2 Å². The second kappa shape index (κ2) is 6.10. The summed E-state index contributed by atoms with van der Waals surface area (Å²) in [5.41, 5.74) is 3.73. The van der Waals surface area contributed by atoms with Crippen LogP contribution in [0.2, 0.25) is 10.0 Å². The van der Waals surface area contributed by atoms with E-state index in [-0.39, 0.29) is 4.83 Å². The zero-order chi connectivity index (χ0) is 13.1. The van der Waals surface area contributed by atoms with E-state index in [1.807, 2.05) is 18.2 Å². The number of hydrogen-bond acceptors (Lipinski definition) is 0. The molecule has 1 unspecified atom stereocenters. The van der Waals surface area contributed by atoms with Crippen LogP contribution < -0.4 is 0 Å². The van der Waals surface area contributed by atoms with E-state index in [1.54, 1.807) is 0 Å². The summed E-state index contributed by atoms with van der Waals surface area (Å²) in [6.07, 6.45) is 0.930. The predicted molar refractivity (Wildman–Crippen MR) is 83.0 cm³/mol. The summed E-state index contributed by atoms with van der Waals surface area (Å²) in [5.74, 6) is 0. The summed E-state index contributed by atoms with van der Waals surface area (Å²) < 4.78 is 0. The molecule has 94 valence electrons. The first-order valence-corrected chi connectivity index (χ1v) is 7.38. The number of alkyl halides is 1. The normalized spacial score (nSPS) is 12.4. The molecule has 2 rings (SSSR count). The van der Waals surface area contributed by atoms with Gasteiger partial charge in [-0.1, -0.05) is 75.0 Å². The van der Waals surface area contributed by atoms with Gasteiger partial charge in [-0.25, -0.2) is 0 Å². The van der Waals surface area contributed by atoms with Crippen molar-refractivity contribution in [1.82, 2.24) is 0 Å². The van der Waals surface area contributed by atoms with Crippen LogP contribution in [0.25, 0.3) is 0 Å². The van der Waals surface area contributed by atoms with E-state index in [1.165, 1.54) is 11.1 Å². The number of halogens is 3. The highest BCUT2D eigenvalue weighted by Gasteiger charge is 2.10. The first-order chi connectivity index (χ1) is 8.56. The van der Waals surface area contributed by atoms with E-state index in [0.717, 1.165) is 12.0 Å². The first-order valence-electron chi connectivity index (χ1n) is 5.71. The minimum absolute atomic E-state index is 0.245. The minimum Gasteiger partial charge on any atom is -0.0835 e. The third kappa shape index (κ3) is 3.50. The molecule has 0 nitrogen and oxygen atoms in total. The van der Waals surface area contributed by atoms with Crippen LogP contribution in [0.1, 0.15) is 21.5 Å². The van der Waals surface area contributed by atoms with Gasteiger partial charge in [-0.3, -0.25) is 0 Å². The highest BCUT2D eigenvalue weighted by molar-refractivity contribution is 9.09. The Morgan fingerprint density at radius 1 is 1.06 bits per heavy atom. The van der Waals surface area contributed by atoms with Crippen molar-refractivity contribution in [3.05, 3.63) is 69.2 Å². The maximum Gasteiger partial charge on any atom is 0.0595 e. The number of rotatable bonds is 3. The number of aryl methyl sites for hydroxylation is 1. The minimum atomic E-state index is 0.245. The van der Waals surface area contributed by atoms with Crippen molar-refractivity contribution >= 4 is 39.1 Å². The van der Waals surface area contributed by atoms with Gasteiger partial charge in [0.05, 0.1) is 10.0 Å². The van der Waals surface area contributed by atoms with E-state index in [4.69, 9.17) is 23.2 Å². The Labute approximate surface area is 126 Å². The molecule has 0 N–H and O–H groups in total. The first kappa shape index (κ1) is 13.9. The van der Waals surface area contributed by atoms with Gasteiger partial charge in [-0.15, -0.1) is 0 Å². The van der Waals surface area contributed by atoms with Gasteiger partial charge in [-0.05, 0) is 36.6 Å². The van der Waals surface area contributed by atoms with Crippen LogP contribution in [0.15, 0.2) is 42.5 Å². The van der Waals surface area contributed by atoms with Gasteiger partial charge < -0.3 is 0 Å². The molecule has 0 aliphatic heterocycles. The fourth-order valence-corrected chi connectivity index (χ4v) is 2.84. The molecule has 2 aromatic carbocycles. The summed E-state index contributed by atoms with van der Waals surface area (Å²) in [4.78, 5) is 0.245. The van der Waals surface area contributed by atoms with Crippen molar-refractivity contribution in [3.8, 4) is 0 Å².